The van der Waals surface area contributed by atoms with E-state index in [9.17, 15) is 0 Å². The van der Waals surface area contributed by atoms with Crippen molar-refractivity contribution in [2.45, 2.75) is 6.10 Å². The second kappa shape index (κ2) is 5.29. The van der Waals surface area contributed by atoms with Crippen LogP contribution >= 0.6 is 0 Å². The Kier molecular flexibility index (Phi) is 4.19. The van der Waals surface area contributed by atoms with Crippen molar-refractivity contribution in [3.05, 3.63) is 12.7 Å². The predicted molar refractivity (Wildman–Crippen MR) is 43.6 cm³/mol. The van der Waals surface area contributed by atoms with E-state index >= 15 is 0 Å². The lowest BCUT2D eigenvalue weighted by Crippen LogP contribution is -2.37. The average molecular weight is 157 g/mol. The molecule has 0 atom stereocenters. The summed E-state index contributed by atoms with van der Waals surface area (Å²) in [5.74, 6) is 0. The molecule has 64 valence electrons. The number of hydrogen-bond donors (Lipinski definition) is 1. The van der Waals surface area contributed by atoms with E-state index in [2.05, 4.69) is 11.9 Å². The van der Waals surface area contributed by atoms with Crippen LogP contribution in [-0.2, 0) is 9.47 Å². The molecule has 0 saturated carbocycles. The smallest absolute Gasteiger partial charge is 0.104 e. The van der Waals surface area contributed by atoms with Crippen molar-refractivity contribution in [3.8, 4) is 0 Å². The lowest BCUT2D eigenvalue weighted by atomic mass is 10.3. The van der Waals surface area contributed by atoms with Gasteiger partial charge in [0.25, 0.3) is 0 Å². The lowest BCUT2D eigenvalue weighted by Gasteiger charge is -2.25. The summed E-state index contributed by atoms with van der Waals surface area (Å²) < 4.78 is 10.4. The van der Waals surface area contributed by atoms with Gasteiger partial charge in [-0.1, -0.05) is 6.08 Å². The molecule has 0 aliphatic carbocycles. The third-order valence-corrected chi connectivity index (χ3v) is 1.53. The molecule has 0 aromatic heterocycles. The number of hydrogen-bond acceptors (Lipinski definition) is 3. The summed E-state index contributed by atoms with van der Waals surface area (Å²) in [6.45, 7) is 7.64. The minimum absolute atomic E-state index is 0.348. The van der Waals surface area contributed by atoms with E-state index in [4.69, 9.17) is 9.47 Å². The van der Waals surface area contributed by atoms with Gasteiger partial charge in [0.15, 0.2) is 0 Å². The third kappa shape index (κ3) is 3.51. The number of ether oxygens (including phenoxy) is 2. The van der Waals surface area contributed by atoms with Crippen molar-refractivity contribution < 1.29 is 9.47 Å². The zero-order valence-corrected chi connectivity index (χ0v) is 6.71. The Balaban J connectivity index is 1.76. The third-order valence-electron chi connectivity index (χ3n) is 1.53. The van der Waals surface area contributed by atoms with E-state index in [1.165, 1.54) is 0 Å². The Morgan fingerprint density at radius 3 is 3.00 bits per heavy atom. The van der Waals surface area contributed by atoms with Crippen LogP contribution in [0.5, 0.6) is 0 Å². The predicted octanol–water partition coefficient (Wildman–Crippen LogP) is 0.177. The van der Waals surface area contributed by atoms with Crippen LogP contribution in [0.2, 0.25) is 0 Å². The summed E-state index contributed by atoms with van der Waals surface area (Å²) in [5.41, 5.74) is 0. The quantitative estimate of drug-likeness (QED) is 0.440. The molecule has 0 radical (unpaired) electrons. The van der Waals surface area contributed by atoms with Gasteiger partial charge in [0.2, 0.25) is 0 Å². The summed E-state index contributed by atoms with van der Waals surface area (Å²) in [6.07, 6.45) is 2.19. The van der Waals surface area contributed by atoms with Gasteiger partial charge in [0.1, 0.15) is 6.10 Å². The van der Waals surface area contributed by atoms with E-state index in [1.54, 1.807) is 0 Å². The van der Waals surface area contributed by atoms with Gasteiger partial charge in [-0.25, -0.2) is 0 Å². The Morgan fingerprint density at radius 1 is 1.64 bits per heavy atom. The molecule has 3 nitrogen and oxygen atoms in total. The first-order chi connectivity index (χ1) is 5.43. The van der Waals surface area contributed by atoms with Crippen molar-refractivity contribution in [2.24, 2.45) is 0 Å². The fraction of sp³-hybridized carbons (Fsp3) is 0.750. The summed E-state index contributed by atoms with van der Waals surface area (Å²) >= 11 is 0. The van der Waals surface area contributed by atoms with Gasteiger partial charge in [-0.15, -0.1) is 6.58 Å². The van der Waals surface area contributed by atoms with Crippen molar-refractivity contribution in [2.75, 3.05) is 32.9 Å². The van der Waals surface area contributed by atoms with Crippen LogP contribution in [0.3, 0.4) is 0 Å². The molecule has 0 bridgehead atoms. The second-order valence-corrected chi connectivity index (χ2v) is 2.52. The van der Waals surface area contributed by atoms with Gasteiger partial charge in [0.05, 0.1) is 19.8 Å². The molecule has 0 spiro atoms. The van der Waals surface area contributed by atoms with Crippen LogP contribution in [-0.4, -0.2) is 39.0 Å². The normalized spacial score (nSPS) is 17.8. The molecule has 11 heavy (non-hydrogen) atoms. The van der Waals surface area contributed by atoms with Gasteiger partial charge in [-0.3, -0.25) is 0 Å². The van der Waals surface area contributed by atoms with Crippen molar-refractivity contribution >= 4 is 0 Å². The highest BCUT2D eigenvalue weighted by Gasteiger charge is 2.17. The highest BCUT2D eigenvalue weighted by atomic mass is 16.6. The van der Waals surface area contributed by atoms with Crippen LogP contribution in [0.25, 0.3) is 0 Å². The summed E-state index contributed by atoms with van der Waals surface area (Å²) in [4.78, 5) is 0. The molecule has 0 aromatic rings. The molecule has 1 aliphatic heterocycles. The van der Waals surface area contributed by atoms with E-state index in [1.807, 2.05) is 6.08 Å². The van der Waals surface area contributed by atoms with Crippen molar-refractivity contribution in [3.63, 3.8) is 0 Å². The zero-order chi connectivity index (χ0) is 7.94. The maximum absolute atomic E-state index is 5.40. The van der Waals surface area contributed by atoms with Crippen molar-refractivity contribution in [1.29, 1.82) is 0 Å². The number of nitrogens with one attached hydrogen (secondary N) is 1. The first-order valence-corrected chi connectivity index (χ1v) is 3.94. The Morgan fingerprint density at radius 2 is 2.45 bits per heavy atom. The van der Waals surface area contributed by atoms with Gasteiger partial charge < -0.3 is 14.8 Å². The molecule has 1 rings (SSSR count). The molecule has 0 aromatic carbocycles. The summed E-state index contributed by atoms with van der Waals surface area (Å²) in [6, 6.07) is 0. The molecular formula is C8H15NO2. The topological polar surface area (TPSA) is 30.5 Å². The Labute approximate surface area is 67.4 Å². The van der Waals surface area contributed by atoms with E-state index in [-0.39, 0.29) is 0 Å². The highest BCUT2D eigenvalue weighted by Crippen LogP contribution is 2.03. The van der Waals surface area contributed by atoms with Gasteiger partial charge in [0, 0.05) is 13.1 Å². The molecular weight excluding hydrogens is 142 g/mol. The molecule has 0 amide bonds. The number of rotatable bonds is 6. The van der Waals surface area contributed by atoms with Gasteiger partial charge in [-0.05, 0) is 0 Å². The first-order valence-electron chi connectivity index (χ1n) is 3.94. The van der Waals surface area contributed by atoms with E-state index in [0.29, 0.717) is 6.10 Å². The fourth-order valence-corrected chi connectivity index (χ4v) is 0.812. The molecule has 1 heterocycles. The molecule has 1 N–H and O–H groups in total. The fourth-order valence-electron chi connectivity index (χ4n) is 0.812. The SMILES string of the molecule is C=CCNCCOC1COC1. The monoisotopic (exact) mass is 157 g/mol. The van der Waals surface area contributed by atoms with Crippen LogP contribution < -0.4 is 5.32 Å². The van der Waals surface area contributed by atoms with Gasteiger partial charge >= 0.3 is 0 Å². The molecule has 1 saturated heterocycles. The minimum Gasteiger partial charge on any atom is -0.376 e. The summed E-state index contributed by atoms with van der Waals surface area (Å²) in [7, 11) is 0. The Bertz CT molecular complexity index is 113. The minimum atomic E-state index is 0.348. The van der Waals surface area contributed by atoms with Crippen LogP contribution in [0, 0.1) is 0 Å². The largest absolute Gasteiger partial charge is 0.376 e. The molecule has 0 unspecified atom stereocenters. The Hall–Kier alpha value is -0.380. The highest BCUT2D eigenvalue weighted by molar-refractivity contribution is 4.69. The maximum atomic E-state index is 5.40. The summed E-state index contributed by atoms with van der Waals surface area (Å²) in [5, 5.41) is 3.15. The van der Waals surface area contributed by atoms with Crippen molar-refractivity contribution in [1.82, 2.24) is 5.32 Å². The van der Waals surface area contributed by atoms with Crippen LogP contribution in [0.1, 0.15) is 0 Å². The average Bonchev–Trinajstić information content (AvgIpc) is 1.93. The maximum Gasteiger partial charge on any atom is 0.104 e. The standard InChI is InChI=1S/C8H15NO2/c1-2-3-9-4-5-11-8-6-10-7-8/h2,8-9H,1,3-7H2. The van der Waals surface area contributed by atoms with Gasteiger partial charge in [-0.2, -0.15) is 0 Å². The lowest BCUT2D eigenvalue weighted by molar-refractivity contribution is -0.128. The first kappa shape index (κ1) is 8.71. The second-order valence-electron chi connectivity index (χ2n) is 2.52. The zero-order valence-electron chi connectivity index (χ0n) is 6.71. The molecule has 1 aliphatic rings. The van der Waals surface area contributed by atoms with E-state index in [0.717, 1.165) is 32.9 Å². The van der Waals surface area contributed by atoms with Crippen LogP contribution in [0.4, 0.5) is 0 Å². The van der Waals surface area contributed by atoms with E-state index < -0.39 is 0 Å². The van der Waals surface area contributed by atoms with Crippen LogP contribution in [0.15, 0.2) is 12.7 Å². The molecule has 3 heteroatoms. The molecule has 1 fully saturated rings.